The van der Waals surface area contributed by atoms with Gasteiger partial charge in [0.15, 0.2) is 0 Å². The van der Waals surface area contributed by atoms with Gasteiger partial charge in [0.25, 0.3) is 0 Å². The van der Waals surface area contributed by atoms with Crippen molar-refractivity contribution in [3.8, 4) is 0 Å². The first-order valence-electron chi connectivity index (χ1n) is 11.2. The second-order valence-electron chi connectivity index (χ2n) is 8.36. The number of allylic oxidation sites excluding steroid dienone is 2. The molecule has 0 radical (unpaired) electrons. The van der Waals surface area contributed by atoms with Crippen molar-refractivity contribution in [1.29, 1.82) is 0 Å². The van der Waals surface area contributed by atoms with Crippen LogP contribution in [0.2, 0.25) is 0 Å². The zero-order valence-corrected chi connectivity index (χ0v) is 20.0. The summed E-state index contributed by atoms with van der Waals surface area (Å²) >= 11 is 0. The highest BCUT2D eigenvalue weighted by atomic mass is 14.1. The van der Waals surface area contributed by atoms with Gasteiger partial charge in [-0.25, -0.2) is 0 Å². The molecule has 0 aliphatic rings. The third-order valence-electron chi connectivity index (χ3n) is 6.56. The molecule has 158 valence electrons. The summed E-state index contributed by atoms with van der Waals surface area (Å²) in [5.41, 5.74) is 10.3. The van der Waals surface area contributed by atoms with Crippen molar-refractivity contribution in [3.05, 3.63) is 87.3 Å². The highest BCUT2D eigenvalue weighted by Gasteiger charge is 2.10. The predicted molar refractivity (Wildman–Crippen MR) is 138 cm³/mol. The molecule has 0 nitrogen and oxygen atoms in total. The van der Waals surface area contributed by atoms with Crippen molar-refractivity contribution in [2.75, 3.05) is 0 Å². The number of hydrogen-bond acceptors (Lipinski definition) is 0. The molecule has 0 aromatic heterocycles. The Hall–Kier alpha value is -2.60. The molecule has 2 aromatic carbocycles. The Balaban J connectivity index is 2.72. The fourth-order valence-corrected chi connectivity index (χ4v) is 4.15. The lowest BCUT2D eigenvalue weighted by Crippen LogP contribution is -2.33. The Morgan fingerprint density at radius 1 is 0.933 bits per heavy atom. The SMILES string of the molecule is C=Cc1c(C=C)c(C)c(=C(/C)CC)/c(=C\C=C(/C)c2ccc(C(C)CC)cc2)c1C. The molecule has 0 fully saturated rings. The molecule has 2 aromatic rings. The summed E-state index contributed by atoms with van der Waals surface area (Å²) in [4.78, 5) is 0. The Morgan fingerprint density at radius 3 is 2.00 bits per heavy atom. The van der Waals surface area contributed by atoms with E-state index in [0.29, 0.717) is 5.92 Å². The van der Waals surface area contributed by atoms with Gasteiger partial charge in [-0.3, -0.25) is 0 Å². The molecule has 0 aliphatic heterocycles. The lowest BCUT2D eigenvalue weighted by molar-refractivity contribution is 0.733. The number of hydrogen-bond donors (Lipinski definition) is 0. The summed E-state index contributed by atoms with van der Waals surface area (Å²) in [7, 11) is 0. The molecule has 30 heavy (non-hydrogen) atoms. The van der Waals surface area contributed by atoms with Crippen LogP contribution in [-0.4, -0.2) is 0 Å². The Morgan fingerprint density at radius 2 is 1.50 bits per heavy atom. The topological polar surface area (TPSA) is 0 Å². The van der Waals surface area contributed by atoms with E-state index in [-0.39, 0.29) is 0 Å². The first kappa shape index (κ1) is 23.7. The van der Waals surface area contributed by atoms with E-state index < -0.39 is 0 Å². The van der Waals surface area contributed by atoms with Crippen molar-refractivity contribution >= 4 is 29.4 Å². The standard InChI is InChI=1S/C30H38/c1-10-20(5)25-15-17-26(18-16-25)22(7)14-19-29-23(8)27(12-3)28(13-4)24(9)30(29)21(6)11-2/h12-20H,3-4,10-11H2,1-2,5-9H3/b22-14+,29-19-,30-21+. The number of rotatable bonds is 7. The van der Waals surface area contributed by atoms with Crippen LogP contribution in [0.15, 0.2) is 43.5 Å². The molecule has 0 bridgehead atoms. The van der Waals surface area contributed by atoms with Gasteiger partial charge >= 0.3 is 0 Å². The first-order chi connectivity index (χ1) is 14.3. The lowest BCUT2D eigenvalue weighted by atomic mass is 9.90. The van der Waals surface area contributed by atoms with Crippen molar-refractivity contribution in [2.24, 2.45) is 0 Å². The molecule has 0 heteroatoms. The number of benzene rings is 2. The monoisotopic (exact) mass is 398 g/mol. The summed E-state index contributed by atoms with van der Waals surface area (Å²) in [6, 6.07) is 9.04. The minimum absolute atomic E-state index is 0.608. The summed E-state index contributed by atoms with van der Waals surface area (Å²) in [6.45, 7) is 23.7. The maximum atomic E-state index is 4.07. The van der Waals surface area contributed by atoms with E-state index in [1.807, 2.05) is 12.2 Å². The normalized spacial score (nSPS) is 14.5. The van der Waals surface area contributed by atoms with Crippen molar-refractivity contribution < 1.29 is 0 Å². The van der Waals surface area contributed by atoms with Gasteiger partial charge in [0, 0.05) is 0 Å². The van der Waals surface area contributed by atoms with E-state index >= 15 is 0 Å². The Bertz CT molecular complexity index is 1070. The van der Waals surface area contributed by atoms with Gasteiger partial charge in [-0.05, 0) is 95.8 Å². The largest absolute Gasteiger partial charge is 0.0984 e. The lowest BCUT2D eigenvalue weighted by Gasteiger charge is -2.14. The molecule has 0 amide bonds. The average molecular weight is 399 g/mol. The second kappa shape index (κ2) is 10.4. The highest BCUT2D eigenvalue weighted by Crippen LogP contribution is 2.22. The molecule has 0 N–H and O–H groups in total. The molecule has 1 atom stereocenters. The van der Waals surface area contributed by atoms with Gasteiger partial charge in [-0.15, -0.1) is 0 Å². The smallest absolute Gasteiger partial charge is 0.0146 e. The minimum Gasteiger partial charge on any atom is -0.0984 e. The molecular weight excluding hydrogens is 360 g/mol. The molecule has 0 spiro atoms. The van der Waals surface area contributed by atoms with Crippen molar-refractivity contribution in [2.45, 2.75) is 67.2 Å². The quantitative estimate of drug-likeness (QED) is 0.451. The fourth-order valence-electron chi connectivity index (χ4n) is 4.15. The van der Waals surface area contributed by atoms with E-state index in [9.17, 15) is 0 Å². The van der Waals surface area contributed by atoms with Crippen LogP contribution in [0.25, 0.3) is 29.4 Å². The third-order valence-corrected chi connectivity index (χ3v) is 6.56. The van der Waals surface area contributed by atoms with Crippen LogP contribution in [0.1, 0.15) is 86.8 Å². The van der Waals surface area contributed by atoms with Crippen LogP contribution in [0.3, 0.4) is 0 Å². The second-order valence-corrected chi connectivity index (χ2v) is 8.36. The van der Waals surface area contributed by atoms with Crippen LogP contribution in [0.5, 0.6) is 0 Å². The van der Waals surface area contributed by atoms with Crippen molar-refractivity contribution in [1.82, 2.24) is 0 Å². The molecule has 1 unspecified atom stereocenters. The highest BCUT2D eigenvalue weighted by molar-refractivity contribution is 5.74. The van der Waals surface area contributed by atoms with Crippen LogP contribution in [-0.2, 0) is 0 Å². The van der Waals surface area contributed by atoms with Gasteiger partial charge in [-0.1, -0.05) is 88.1 Å². The van der Waals surface area contributed by atoms with Crippen LogP contribution < -0.4 is 10.4 Å². The van der Waals surface area contributed by atoms with Gasteiger partial charge < -0.3 is 0 Å². The summed E-state index contributed by atoms with van der Waals surface area (Å²) < 4.78 is 0. The van der Waals surface area contributed by atoms with E-state index in [1.165, 1.54) is 61.4 Å². The van der Waals surface area contributed by atoms with Crippen LogP contribution >= 0.6 is 0 Å². The molecule has 2 rings (SSSR count). The van der Waals surface area contributed by atoms with E-state index in [1.54, 1.807) is 0 Å². The first-order valence-corrected chi connectivity index (χ1v) is 11.2. The fraction of sp³-hybridized carbons (Fsp3) is 0.333. The Kier molecular flexibility index (Phi) is 8.24. The molecule has 0 saturated carbocycles. The summed E-state index contributed by atoms with van der Waals surface area (Å²) in [5.74, 6) is 0.608. The molecular formula is C30H38. The zero-order valence-electron chi connectivity index (χ0n) is 20.0. The van der Waals surface area contributed by atoms with E-state index in [0.717, 1.165) is 6.42 Å². The maximum Gasteiger partial charge on any atom is -0.0146 e. The van der Waals surface area contributed by atoms with E-state index in [2.05, 4.69) is 98.0 Å². The molecule has 0 saturated heterocycles. The molecule has 0 aliphatic carbocycles. The minimum atomic E-state index is 0.608. The molecule has 0 heterocycles. The average Bonchev–Trinajstić information content (AvgIpc) is 2.77. The van der Waals surface area contributed by atoms with Gasteiger partial charge in [0.1, 0.15) is 0 Å². The van der Waals surface area contributed by atoms with Gasteiger partial charge in [0.05, 0.1) is 0 Å². The summed E-state index contributed by atoms with van der Waals surface area (Å²) in [6.07, 6.45) is 10.7. The Labute approximate surface area is 184 Å². The zero-order chi connectivity index (χ0) is 22.4. The third kappa shape index (κ3) is 4.75. The van der Waals surface area contributed by atoms with Gasteiger partial charge in [0.2, 0.25) is 0 Å². The maximum absolute atomic E-state index is 4.07. The van der Waals surface area contributed by atoms with Gasteiger partial charge in [-0.2, -0.15) is 0 Å². The van der Waals surface area contributed by atoms with Crippen molar-refractivity contribution in [3.63, 3.8) is 0 Å². The van der Waals surface area contributed by atoms with E-state index in [4.69, 9.17) is 0 Å². The van der Waals surface area contributed by atoms with Crippen LogP contribution in [0.4, 0.5) is 0 Å². The van der Waals surface area contributed by atoms with Crippen LogP contribution in [0, 0.1) is 13.8 Å². The predicted octanol–water partition coefficient (Wildman–Crippen LogP) is 7.57. The summed E-state index contributed by atoms with van der Waals surface area (Å²) in [5, 5.41) is 2.65.